The second-order valence-electron chi connectivity index (χ2n) is 5.44. The van der Waals surface area contributed by atoms with E-state index in [1.165, 1.54) is 0 Å². The summed E-state index contributed by atoms with van der Waals surface area (Å²) in [5.74, 6) is 0.533. The van der Waals surface area contributed by atoms with Gasteiger partial charge >= 0.3 is 0 Å². The van der Waals surface area contributed by atoms with Gasteiger partial charge in [-0.15, -0.1) is 0 Å². The van der Waals surface area contributed by atoms with E-state index >= 15 is 0 Å². The maximum absolute atomic E-state index is 10.1. The molecule has 0 fully saturated rings. The average Bonchev–Trinajstić information content (AvgIpc) is 3.13. The number of nitrogens with zero attached hydrogens (tertiary/aromatic N) is 2. The van der Waals surface area contributed by atoms with Gasteiger partial charge in [0.1, 0.15) is 0 Å². The SMILES string of the molecule is Oc1[nH]c2ccc(Cl)cc2c1C=Nc1n[nH]c(-c2ccccc2)c1Br. The lowest BCUT2D eigenvalue weighted by molar-refractivity contribution is 0.457. The molecule has 0 saturated carbocycles. The number of aromatic nitrogens is 3. The second kappa shape index (κ2) is 6.38. The average molecular weight is 416 g/mol. The lowest BCUT2D eigenvalue weighted by atomic mass is 10.1. The Morgan fingerprint density at radius 3 is 2.76 bits per heavy atom. The zero-order valence-electron chi connectivity index (χ0n) is 12.8. The molecule has 25 heavy (non-hydrogen) atoms. The predicted octanol–water partition coefficient (Wildman–Crippen LogP) is 5.43. The Hall–Kier alpha value is -2.57. The van der Waals surface area contributed by atoms with Crippen LogP contribution in [0.5, 0.6) is 5.88 Å². The molecule has 2 aromatic carbocycles. The molecule has 0 spiro atoms. The highest BCUT2D eigenvalue weighted by Gasteiger charge is 2.13. The third-order valence-electron chi connectivity index (χ3n) is 3.85. The van der Waals surface area contributed by atoms with Gasteiger partial charge in [-0.05, 0) is 34.1 Å². The van der Waals surface area contributed by atoms with Crippen LogP contribution in [0.4, 0.5) is 5.82 Å². The van der Waals surface area contributed by atoms with Gasteiger partial charge in [0, 0.05) is 27.7 Å². The molecular formula is C18H12BrClN4O. The first-order valence-corrected chi connectivity index (χ1v) is 8.64. The van der Waals surface area contributed by atoms with Crippen LogP contribution in [0, 0.1) is 0 Å². The van der Waals surface area contributed by atoms with E-state index in [1.807, 2.05) is 36.4 Å². The smallest absolute Gasteiger partial charge is 0.198 e. The van der Waals surface area contributed by atoms with Crippen LogP contribution in [0.2, 0.25) is 5.02 Å². The van der Waals surface area contributed by atoms with Gasteiger partial charge in [-0.3, -0.25) is 5.10 Å². The van der Waals surface area contributed by atoms with Crippen molar-refractivity contribution in [2.45, 2.75) is 0 Å². The molecule has 0 aliphatic rings. The van der Waals surface area contributed by atoms with Crippen LogP contribution in [0.15, 0.2) is 58.0 Å². The quantitative estimate of drug-likeness (QED) is 0.390. The number of hydrogen-bond donors (Lipinski definition) is 3. The Balaban J connectivity index is 1.73. The van der Waals surface area contributed by atoms with Gasteiger partial charge in [0.05, 0.1) is 15.7 Å². The zero-order chi connectivity index (χ0) is 17.4. The summed E-state index contributed by atoms with van der Waals surface area (Å²) in [7, 11) is 0. The number of nitrogens with one attached hydrogen (secondary N) is 2. The Morgan fingerprint density at radius 1 is 1.16 bits per heavy atom. The van der Waals surface area contributed by atoms with Crippen molar-refractivity contribution in [3.8, 4) is 17.1 Å². The molecule has 7 heteroatoms. The van der Waals surface area contributed by atoms with Gasteiger partial charge in [0.2, 0.25) is 0 Å². The van der Waals surface area contributed by atoms with Crippen molar-refractivity contribution in [1.82, 2.24) is 15.2 Å². The Bertz CT molecular complexity index is 1090. The summed E-state index contributed by atoms with van der Waals surface area (Å²) in [5, 5.41) is 18.7. The van der Waals surface area contributed by atoms with Crippen molar-refractivity contribution >= 4 is 50.5 Å². The molecule has 3 N–H and O–H groups in total. The lowest BCUT2D eigenvalue weighted by Gasteiger charge is -1.97. The van der Waals surface area contributed by atoms with E-state index in [9.17, 15) is 5.11 Å². The van der Waals surface area contributed by atoms with Crippen molar-refractivity contribution in [2.24, 2.45) is 4.99 Å². The van der Waals surface area contributed by atoms with Gasteiger partial charge in [-0.1, -0.05) is 41.9 Å². The van der Waals surface area contributed by atoms with Crippen LogP contribution < -0.4 is 0 Å². The highest BCUT2D eigenvalue weighted by molar-refractivity contribution is 9.10. The Kier molecular flexibility index (Phi) is 4.07. The number of aromatic hydroxyl groups is 1. The van der Waals surface area contributed by atoms with E-state index in [2.05, 4.69) is 36.1 Å². The molecule has 0 bridgehead atoms. The maximum atomic E-state index is 10.1. The minimum absolute atomic E-state index is 0.0379. The summed E-state index contributed by atoms with van der Waals surface area (Å²) in [6, 6.07) is 15.2. The summed E-state index contributed by atoms with van der Waals surface area (Å²) < 4.78 is 0.757. The highest BCUT2D eigenvalue weighted by atomic mass is 79.9. The van der Waals surface area contributed by atoms with Crippen LogP contribution in [0.3, 0.4) is 0 Å². The van der Waals surface area contributed by atoms with Crippen molar-refractivity contribution < 1.29 is 5.11 Å². The number of hydrogen-bond acceptors (Lipinski definition) is 3. The minimum atomic E-state index is 0.0379. The normalized spacial score (nSPS) is 11.6. The molecule has 0 aliphatic carbocycles. The molecule has 2 aromatic heterocycles. The third-order valence-corrected chi connectivity index (χ3v) is 4.83. The lowest BCUT2D eigenvalue weighted by Crippen LogP contribution is -1.79. The molecule has 0 aliphatic heterocycles. The number of halogens is 2. The number of rotatable bonds is 3. The first kappa shape index (κ1) is 15.9. The number of H-pyrrole nitrogens is 2. The topological polar surface area (TPSA) is 77.1 Å². The van der Waals surface area contributed by atoms with Crippen LogP contribution in [-0.2, 0) is 0 Å². The maximum Gasteiger partial charge on any atom is 0.198 e. The van der Waals surface area contributed by atoms with E-state index in [0.717, 1.165) is 26.6 Å². The van der Waals surface area contributed by atoms with Crippen molar-refractivity contribution in [1.29, 1.82) is 0 Å². The number of aromatic amines is 2. The van der Waals surface area contributed by atoms with E-state index in [0.29, 0.717) is 16.4 Å². The molecule has 0 radical (unpaired) electrons. The van der Waals surface area contributed by atoms with E-state index in [-0.39, 0.29) is 5.88 Å². The van der Waals surface area contributed by atoms with Crippen molar-refractivity contribution in [3.63, 3.8) is 0 Å². The molecule has 0 unspecified atom stereocenters. The standard InChI is InChI=1S/C18H12BrClN4O/c19-15-16(10-4-2-1-3-5-10)23-24-17(15)21-9-13-12-8-11(20)6-7-14(12)22-18(13)25/h1-9,22,25H,(H,23,24). The summed E-state index contributed by atoms with van der Waals surface area (Å²) in [4.78, 5) is 7.30. The van der Waals surface area contributed by atoms with Crippen LogP contribution >= 0.6 is 27.5 Å². The first-order valence-electron chi connectivity index (χ1n) is 7.47. The molecular weight excluding hydrogens is 404 g/mol. The van der Waals surface area contributed by atoms with E-state index in [1.54, 1.807) is 18.3 Å². The predicted molar refractivity (Wildman–Crippen MR) is 104 cm³/mol. The summed E-state index contributed by atoms with van der Waals surface area (Å²) in [6.45, 7) is 0. The summed E-state index contributed by atoms with van der Waals surface area (Å²) in [5.41, 5.74) is 3.20. The molecule has 0 atom stereocenters. The van der Waals surface area contributed by atoms with Gasteiger partial charge in [0.25, 0.3) is 0 Å². The molecule has 4 aromatic rings. The highest BCUT2D eigenvalue weighted by Crippen LogP contribution is 2.34. The number of aliphatic imine (C=N–C) groups is 1. The number of benzene rings is 2. The molecule has 124 valence electrons. The minimum Gasteiger partial charge on any atom is -0.494 e. The third kappa shape index (κ3) is 2.94. The summed E-state index contributed by atoms with van der Waals surface area (Å²) in [6.07, 6.45) is 1.57. The zero-order valence-corrected chi connectivity index (χ0v) is 15.1. The van der Waals surface area contributed by atoms with Crippen LogP contribution in [-0.4, -0.2) is 26.5 Å². The summed E-state index contributed by atoms with van der Waals surface area (Å²) >= 11 is 9.58. The molecule has 0 saturated heterocycles. The number of fused-ring (bicyclic) bond motifs is 1. The van der Waals surface area contributed by atoms with Gasteiger partial charge in [-0.2, -0.15) is 5.10 Å². The van der Waals surface area contributed by atoms with Gasteiger partial charge in [0.15, 0.2) is 11.7 Å². The molecule has 4 rings (SSSR count). The largest absolute Gasteiger partial charge is 0.494 e. The first-order chi connectivity index (χ1) is 12.1. The monoisotopic (exact) mass is 414 g/mol. The fourth-order valence-corrected chi connectivity index (χ4v) is 3.31. The fourth-order valence-electron chi connectivity index (χ4n) is 2.63. The van der Waals surface area contributed by atoms with E-state index < -0.39 is 0 Å². The fraction of sp³-hybridized carbons (Fsp3) is 0. The van der Waals surface area contributed by atoms with Crippen LogP contribution in [0.25, 0.3) is 22.2 Å². The molecule has 0 amide bonds. The molecule has 5 nitrogen and oxygen atoms in total. The van der Waals surface area contributed by atoms with E-state index in [4.69, 9.17) is 11.6 Å². The van der Waals surface area contributed by atoms with Crippen LogP contribution in [0.1, 0.15) is 5.56 Å². The van der Waals surface area contributed by atoms with Gasteiger partial charge < -0.3 is 10.1 Å². The van der Waals surface area contributed by atoms with Crippen molar-refractivity contribution in [2.75, 3.05) is 0 Å². The Labute approximate surface area is 156 Å². The van der Waals surface area contributed by atoms with Crippen molar-refractivity contribution in [3.05, 3.63) is 63.6 Å². The Morgan fingerprint density at radius 2 is 1.96 bits per heavy atom. The van der Waals surface area contributed by atoms with Gasteiger partial charge in [-0.25, -0.2) is 4.99 Å². The molecule has 2 heterocycles. The second-order valence-corrected chi connectivity index (χ2v) is 6.67.